The lowest BCUT2D eigenvalue weighted by molar-refractivity contribution is 0.475. The van der Waals surface area contributed by atoms with Crippen LogP contribution in [-0.2, 0) is 9.84 Å². The van der Waals surface area contributed by atoms with Crippen molar-refractivity contribution in [3.63, 3.8) is 0 Å². The fraction of sp³-hybridized carbons (Fsp3) is 1.00. The van der Waals surface area contributed by atoms with Gasteiger partial charge in [-0.1, -0.05) is 26.7 Å². The molecule has 0 aliphatic heterocycles. The van der Waals surface area contributed by atoms with Gasteiger partial charge in [-0.15, -0.1) is 0 Å². The normalized spacial score (nSPS) is 12.3. The highest BCUT2D eigenvalue weighted by Gasteiger charge is 2.13. The van der Waals surface area contributed by atoms with Crippen LogP contribution >= 0.6 is 0 Å². The first-order valence-electron chi connectivity index (χ1n) is 4.67. The second-order valence-electron chi connectivity index (χ2n) is 3.54. The van der Waals surface area contributed by atoms with E-state index < -0.39 is 9.84 Å². The predicted molar refractivity (Wildman–Crippen MR) is 53.0 cm³/mol. The van der Waals surface area contributed by atoms with Crippen LogP contribution in [-0.4, -0.2) is 20.4 Å². The van der Waals surface area contributed by atoms with Crippen molar-refractivity contribution in [2.45, 2.75) is 39.5 Å². The summed E-state index contributed by atoms with van der Waals surface area (Å²) in [6.45, 7) is 4.20. The van der Waals surface area contributed by atoms with Crippen molar-refractivity contribution < 1.29 is 8.42 Å². The summed E-state index contributed by atoms with van der Waals surface area (Å²) in [5.41, 5.74) is 0. The summed E-state index contributed by atoms with van der Waals surface area (Å²) in [4.78, 5) is 0. The molecule has 0 fully saturated rings. The quantitative estimate of drug-likeness (QED) is 0.647. The van der Waals surface area contributed by atoms with Crippen molar-refractivity contribution in [1.29, 1.82) is 0 Å². The van der Waals surface area contributed by atoms with Gasteiger partial charge < -0.3 is 0 Å². The predicted octanol–water partition coefficient (Wildman–Crippen LogP) is 2.25. The Morgan fingerprint density at radius 1 is 1.08 bits per heavy atom. The van der Waals surface area contributed by atoms with Crippen LogP contribution in [0, 0.1) is 5.92 Å². The number of hydrogen-bond donors (Lipinski definition) is 0. The first-order chi connectivity index (χ1) is 5.49. The highest BCUT2D eigenvalue weighted by Crippen LogP contribution is 2.15. The first-order valence-corrected chi connectivity index (χ1v) is 6.73. The average molecular weight is 192 g/mol. The van der Waals surface area contributed by atoms with Gasteiger partial charge in [-0.2, -0.15) is 0 Å². The van der Waals surface area contributed by atoms with E-state index in [1.54, 1.807) is 0 Å². The van der Waals surface area contributed by atoms with Crippen LogP contribution in [0.4, 0.5) is 0 Å². The van der Waals surface area contributed by atoms with Crippen molar-refractivity contribution in [2.24, 2.45) is 5.92 Å². The maximum absolute atomic E-state index is 11.0. The smallest absolute Gasteiger partial charge is 0.147 e. The minimum absolute atomic E-state index is 0.370. The highest BCUT2D eigenvalue weighted by atomic mass is 32.2. The lowest BCUT2D eigenvalue weighted by Crippen LogP contribution is -2.14. The molecular formula is C9H20O2S. The van der Waals surface area contributed by atoms with Gasteiger partial charge in [-0.25, -0.2) is 8.42 Å². The van der Waals surface area contributed by atoms with E-state index in [9.17, 15) is 8.42 Å². The van der Waals surface area contributed by atoms with Crippen LogP contribution in [0.3, 0.4) is 0 Å². The Morgan fingerprint density at radius 3 is 1.75 bits per heavy atom. The number of sulfone groups is 1. The molecule has 0 aliphatic carbocycles. The molecule has 0 spiro atoms. The Balaban J connectivity index is 3.95. The Bertz CT molecular complexity index is 189. The third kappa shape index (κ3) is 6.65. The monoisotopic (exact) mass is 192 g/mol. The molecule has 0 saturated carbocycles. The van der Waals surface area contributed by atoms with Crippen LogP contribution in [0.2, 0.25) is 0 Å². The molecule has 0 aromatic rings. The van der Waals surface area contributed by atoms with E-state index in [1.807, 2.05) is 0 Å². The van der Waals surface area contributed by atoms with E-state index in [1.165, 1.54) is 6.26 Å². The van der Waals surface area contributed by atoms with Crippen LogP contribution in [0.25, 0.3) is 0 Å². The van der Waals surface area contributed by atoms with E-state index in [4.69, 9.17) is 0 Å². The van der Waals surface area contributed by atoms with E-state index in [-0.39, 0.29) is 0 Å². The average Bonchev–Trinajstić information content (AvgIpc) is 1.84. The van der Waals surface area contributed by atoms with E-state index in [0.29, 0.717) is 11.7 Å². The molecule has 0 aromatic carbocycles. The van der Waals surface area contributed by atoms with Gasteiger partial charge in [0.15, 0.2) is 0 Å². The van der Waals surface area contributed by atoms with Crippen molar-refractivity contribution in [3.8, 4) is 0 Å². The summed E-state index contributed by atoms with van der Waals surface area (Å²) < 4.78 is 22.0. The molecule has 0 amide bonds. The summed E-state index contributed by atoms with van der Waals surface area (Å²) in [7, 11) is -2.77. The van der Waals surface area contributed by atoms with Gasteiger partial charge in [-0.3, -0.25) is 0 Å². The molecule has 0 heterocycles. The Morgan fingerprint density at radius 2 is 1.50 bits per heavy atom. The lowest BCUT2D eigenvalue weighted by Gasteiger charge is -2.12. The van der Waals surface area contributed by atoms with Gasteiger partial charge in [0.1, 0.15) is 9.84 Å². The molecule has 74 valence electrons. The maximum Gasteiger partial charge on any atom is 0.147 e. The van der Waals surface area contributed by atoms with Crippen molar-refractivity contribution in [1.82, 2.24) is 0 Å². The molecule has 12 heavy (non-hydrogen) atoms. The van der Waals surface area contributed by atoms with Gasteiger partial charge in [0.2, 0.25) is 0 Å². The zero-order valence-corrected chi connectivity index (χ0v) is 9.15. The summed E-state index contributed by atoms with van der Waals surface area (Å²) in [5, 5.41) is 0. The second-order valence-corrected chi connectivity index (χ2v) is 5.72. The zero-order chi connectivity index (χ0) is 9.61. The van der Waals surface area contributed by atoms with Crippen LogP contribution in [0.15, 0.2) is 0 Å². The minimum Gasteiger partial charge on any atom is -0.229 e. The molecule has 0 atom stereocenters. The van der Waals surface area contributed by atoms with Gasteiger partial charge >= 0.3 is 0 Å². The zero-order valence-electron chi connectivity index (χ0n) is 8.34. The Labute approximate surface area is 76.3 Å². The lowest BCUT2D eigenvalue weighted by atomic mass is 10.0. The third-order valence-corrected chi connectivity index (χ3v) is 3.01. The summed E-state index contributed by atoms with van der Waals surface area (Å²) in [5.74, 6) is 0.754. The van der Waals surface area contributed by atoms with Gasteiger partial charge in [0, 0.05) is 6.26 Å². The summed E-state index contributed by atoms with van der Waals surface area (Å²) in [6.07, 6.45) is 5.58. The fourth-order valence-corrected chi connectivity index (χ4v) is 2.75. The maximum atomic E-state index is 11.0. The minimum atomic E-state index is -2.77. The van der Waals surface area contributed by atoms with E-state index in [2.05, 4.69) is 13.8 Å². The number of rotatable bonds is 6. The number of hydrogen-bond acceptors (Lipinski definition) is 2. The van der Waals surface area contributed by atoms with Gasteiger partial charge in [0.05, 0.1) is 5.75 Å². The first kappa shape index (κ1) is 11.9. The molecule has 2 nitrogen and oxygen atoms in total. The molecule has 0 unspecified atom stereocenters. The molecule has 0 rings (SSSR count). The molecule has 0 aliphatic rings. The third-order valence-electron chi connectivity index (χ3n) is 1.93. The molecule has 0 N–H and O–H groups in total. The van der Waals surface area contributed by atoms with E-state index >= 15 is 0 Å². The summed E-state index contributed by atoms with van der Waals surface area (Å²) >= 11 is 0. The largest absolute Gasteiger partial charge is 0.229 e. The van der Waals surface area contributed by atoms with Crippen molar-refractivity contribution in [2.75, 3.05) is 12.0 Å². The summed E-state index contributed by atoms with van der Waals surface area (Å²) in [6, 6.07) is 0. The molecule has 0 bridgehead atoms. The molecule has 0 radical (unpaired) electrons. The highest BCUT2D eigenvalue weighted by molar-refractivity contribution is 7.90. The molecule has 0 aromatic heterocycles. The SMILES string of the molecule is CCCC(CCC)CS(C)(=O)=O. The van der Waals surface area contributed by atoms with E-state index in [0.717, 1.165) is 25.7 Å². The van der Waals surface area contributed by atoms with Crippen LogP contribution < -0.4 is 0 Å². The van der Waals surface area contributed by atoms with Crippen molar-refractivity contribution >= 4 is 9.84 Å². The standard InChI is InChI=1S/C9H20O2S/c1-4-6-9(7-5-2)8-12(3,10)11/h9H,4-8H2,1-3H3. The second kappa shape index (κ2) is 5.57. The molecule has 3 heteroatoms. The van der Waals surface area contributed by atoms with Crippen LogP contribution in [0.5, 0.6) is 0 Å². The fourth-order valence-electron chi connectivity index (χ4n) is 1.56. The topological polar surface area (TPSA) is 34.1 Å². The van der Waals surface area contributed by atoms with Gasteiger partial charge in [0.25, 0.3) is 0 Å². The molecular weight excluding hydrogens is 172 g/mol. The Hall–Kier alpha value is -0.0500. The van der Waals surface area contributed by atoms with Gasteiger partial charge in [-0.05, 0) is 18.8 Å². The van der Waals surface area contributed by atoms with Crippen molar-refractivity contribution in [3.05, 3.63) is 0 Å². The molecule has 0 saturated heterocycles. The Kier molecular flexibility index (Phi) is 5.55. The van der Waals surface area contributed by atoms with Crippen LogP contribution in [0.1, 0.15) is 39.5 Å².